The first-order chi connectivity index (χ1) is 5.72. The van der Waals surface area contributed by atoms with Crippen LogP contribution in [0.15, 0.2) is 36.3 Å². The molecule has 0 saturated carbocycles. The maximum absolute atomic E-state index is 8.92. The monoisotopic (exact) mass is 170 g/mol. The average Bonchev–Trinajstić information content (AvgIpc) is 2.04. The van der Waals surface area contributed by atoms with Gasteiger partial charge in [0.25, 0.3) is 0 Å². The van der Waals surface area contributed by atoms with Crippen LogP contribution in [-0.2, 0) is 9.47 Å². The molecule has 0 saturated heterocycles. The van der Waals surface area contributed by atoms with Crippen LogP contribution >= 0.6 is 0 Å². The predicted molar refractivity (Wildman–Crippen MR) is 47.9 cm³/mol. The number of aliphatic hydroxyl groups excluding tert-OH is 1. The van der Waals surface area contributed by atoms with Gasteiger partial charge in [-0.1, -0.05) is 18.7 Å². The van der Waals surface area contributed by atoms with Crippen molar-refractivity contribution in [3.05, 3.63) is 36.3 Å². The van der Waals surface area contributed by atoms with Gasteiger partial charge in [0.05, 0.1) is 13.7 Å². The fourth-order valence-electron chi connectivity index (χ4n) is 0.589. The maximum Gasteiger partial charge on any atom is 0.159 e. The predicted octanol–water partition coefficient (Wildman–Crippen LogP) is 1.79. The van der Waals surface area contributed by atoms with Crippen LogP contribution < -0.4 is 0 Å². The smallest absolute Gasteiger partial charge is 0.159 e. The van der Waals surface area contributed by atoms with Crippen molar-refractivity contribution < 1.29 is 14.6 Å². The molecule has 0 rings (SSSR count). The van der Waals surface area contributed by atoms with Crippen molar-refractivity contribution in [1.82, 2.24) is 0 Å². The third-order valence-electron chi connectivity index (χ3n) is 1.15. The van der Waals surface area contributed by atoms with E-state index in [4.69, 9.17) is 14.6 Å². The van der Waals surface area contributed by atoms with E-state index in [0.29, 0.717) is 12.4 Å². The Kier molecular flexibility index (Phi) is 5.83. The first-order valence-corrected chi connectivity index (χ1v) is 3.50. The summed E-state index contributed by atoms with van der Waals surface area (Å²) in [7, 11) is 3.08. The molecule has 3 heteroatoms. The van der Waals surface area contributed by atoms with E-state index in [1.54, 1.807) is 25.3 Å². The number of methoxy groups -OCH3 is 2. The lowest BCUT2D eigenvalue weighted by Gasteiger charge is -2.00. The second-order valence-corrected chi connectivity index (χ2v) is 2.07. The zero-order valence-corrected chi connectivity index (χ0v) is 7.41. The first kappa shape index (κ1) is 10.8. The standard InChI is InChI=1S/C9H14O3/c1-8(10)9(12-3)6-4-5-7-11-2/h4-6,10H,1,7H2,2-3H3/b5-4-,9-6+. The maximum atomic E-state index is 8.92. The van der Waals surface area contributed by atoms with Gasteiger partial charge < -0.3 is 14.6 Å². The molecule has 0 aromatic carbocycles. The van der Waals surface area contributed by atoms with Crippen molar-refractivity contribution in [3.8, 4) is 0 Å². The fraction of sp³-hybridized carbons (Fsp3) is 0.333. The van der Waals surface area contributed by atoms with E-state index < -0.39 is 0 Å². The summed E-state index contributed by atoms with van der Waals surface area (Å²) < 4.78 is 9.59. The van der Waals surface area contributed by atoms with Gasteiger partial charge in [0.15, 0.2) is 5.76 Å². The summed E-state index contributed by atoms with van der Waals surface area (Å²) in [5.74, 6) is 0.266. The van der Waals surface area contributed by atoms with Crippen molar-refractivity contribution in [2.24, 2.45) is 0 Å². The molecule has 0 amide bonds. The summed E-state index contributed by atoms with van der Waals surface area (Å²) in [6.07, 6.45) is 5.13. The van der Waals surface area contributed by atoms with Gasteiger partial charge in [-0.05, 0) is 6.08 Å². The quantitative estimate of drug-likeness (QED) is 0.505. The van der Waals surface area contributed by atoms with Gasteiger partial charge in [0.1, 0.15) is 5.76 Å². The first-order valence-electron chi connectivity index (χ1n) is 3.50. The summed E-state index contributed by atoms with van der Waals surface area (Å²) in [5, 5.41) is 8.92. The van der Waals surface area contributed by atoms with Crippen LogP contribution in [-0.4, -0.2) is 25.9 Å². The van der Waals surface area contributed by atoms with Gasteiger partial charge in [0, 0.05) is 7.11 Å². The molecular formula is C9H14O3. The van der Waals surface area contributed by atoms with Crippen molar-refractivity contribution >= 4 is 0 Å². The normalized spacial score (nSPS) is 12.0. The van der Waals surface area contributed by atoms with Gasteiger partial charge in [-0.2, -0.15) is 0 Å². The summed E-state index contributed by atoms with van der Waals surface area (Å²) in [5.41, 5.74) is 0. The highest BCUT2D eigenvalue weighted by Crippen LogP contribution is 2.03. The molecule has 68 valence electrons. The molecule has 0 spiro atoms. The van der Waals surface area contributed by atoms with E-state index in [0.717, 1.165) is 0 Å². The summed E-state index contributed by atoms with van der Waals surface area (Å²) in [4.78, 5) is 0. The van der Waals surface area contributed by atoms with E-state index in [2.05, 4.69) is 6.58 Å². The van der Waals surface area contributed by atoms with Crippen molar-refractivity contribution in [2.75, 3.05) is 20.8 Å². The van der Waals surface area contributed by atoms with E-state index in [9.17, 15) is 0 Å². The van der Waals surface area contributed by atoms with Crippen LogP contribution in [0, 0.1) is 0 Å². The van der Waals surface area contributed by atoms with Crippen molar-refractivity contribution in [1.29, 1.82) is 0 Å². The number of allylic oxidation sites excluding steroid dienone is 2. The van der Waals surface area contributed by atoms with Crippen LogP contribution in [0.3, 0.4) is 0 Å². The summed E-state index contributed by atoms with van der Waals surface area (Å²) >= 11 is 0. The van der Waals surface area contributed by atoms with Gasteiger partial charge in [-0.25, -0.2) is 0 Å². The Morgan fingerprint density at radius 1 is 1.50 bits per heavy atom. The molecule has 0 aromatic heterocycles. The SMILES string of the molecule is C=C(O)/C(=C\C=C/COC)OC. The molecule has 0 fully saturated rings. The lowest BCUT2D eigenvalue weighted by atomic mass is 10.3. The van der Waals surface area contributed by atoms with Gasteiger partial charge in [-0.3, -0.25) is 0 Å². The van der Waals surface area contributed by atoms with Gasteiger partial charge >= 0.3 is 0 Å². The Bertz CT molecular complexity index is 192. The molecular weight excluding hydrogens is 156 g/mol. The van der Waals surface area contributed by atoms with Crippen LogP contribution in [0.5, 0.6) is 0 Å². The van der Waals surface area contributed by atoms with E-state index in [-0.39, 0.29) is 5.76 Å². The highest BCUT2D eigenvalue weighted by molar-refractivity contribution is 5.20. The Balaban J connectivity index is 4.02. The molecule has 0 atom stereocenters. The number of ether oxygens (including phenoxy) is 2. The van der Waals surface area contributed by atoms with Gasteiger partial charge in [0.2, 0.25) is 0 Å². The molecule has 0 bridgehead atoms. The topological polar surface area (TPSA) is 38.7 Å². The Morgan fingerprint density at radius 3 is 2.58 bits per heavy atom. The highest BCUT2D eigenvalue weighted by Gasteiger charge is 1.95. The lowest BCUT2D eigenvalue weighted by molar-refractivity contribution is 0.233. The van der Waals surface area contributed by atoms with Crippen molar-refractivity contribution in [2.45, 2.75) is 0 Å². The second kappa shape index (κ2) is 6.49. The van der Waals surface area contributed by atoms with Crippen molar-refractivity contribution in [3.63, 3.8) is 0 Å². The molecule has 0 heterocycles. The minimum absolute atomic E-state index is 0.0837. The van der Waals surface area contributed by atoms with Crippen LogP contribution in [0.2, 0.25) is 0 Å². The summed E-state index contributed by atoms with van der Waals surface area (Å²) in [6, 6.07) is 0. The van der Waals surface area contributed by atoms with E-state index in [1.807, 2.05) is 0 Å². The average molecular weight is 170 g/mol. The Morgan fingerprint density at radius 2 is 2.17 bits per heavy atom. The number of aliphatic hydroxyl groups is 1. The lowest BCUT2D eigenvalue weighted by Crippen LogP contribution is -1.88. The third kappa shape index (κ3) is 4.57. The zero-order valence-electron chi connectivity index (χ0n) is 7.41. The molecule has 12 heavy (non-hydrogen) atoms. The molecule has 0 aliphatic carbocycles. The third-order valence-corrected chi connectivity index (χ3v) is 1.15. The largest absolute Gasteiger partial charge is 0.505 e. The highest BCUT2D eigenvalue weighted by atomic mass is 16.5. The van der Waals surface area contributed by atoms with Gasteiger partial charge in [-0.15, -0.1) is 0 Å². The molecule has 0 radical (unpaired) electrons. The molecule has 0 aliphatic heterocycles. The number of hydrogen-bond donors (Lipinski definition) is 1. The number of rotatable bonds is 5. The Hall–Kier alpha value is -1.22. The number of hydrogen-bond acceptors (Lipinski definition) is 3. The van der Waals surface area contributed by atoms with E-state index in [1.165, 1.54) is 7.11 Å². The van der Waals surface area contributed by atoms with E-state index >= 15 is 0 Å². The fourth-order valence-corrected chi connectivity index (χ4v) is 0.589. The summed E-state index contributed by atoms with van der Waals surface area (Å²) in [6.45, 7) is 3.86. The minimum atomic E-state index is -0.0837. The molecule has 0 unspecified atom stereocenters. The molecule has 0 aromatic rings. The Labute approximate surface area is 72.6 Å². The zero-order chi connectivity index (χ0) is 9.40. The molecule has 1 N–H and O–H groups in total. The van der Waals surface area contributed by atoms with Crippen LogP contribution in [0.1, 0.15) is 0 Å². The minimum Gasteiger partial charge on any atom is -0.505 e. The second-order valence-electron chi connectivity index (χ2n) is 2.07. The van der Waals surface area contributed by atoms with Crippen LogP contribution in [0.4, 0.5) is 0 Å². The molecule has 0 aliphatic rings. The van der Waals surface area contributed by atoms with Crippen LogP contribution in [0.25, 0.3) is 0 Å². The molecule has 3 nitrogen and oxygen atoms in total.